The van der Waals surface area contributed by atoms with E-state index in [0.717, 1.165) is 21.8 Å². The van der Waals surface area contributed by atoms with Gasteiger partial charge in [0.15, 0.2) is 0 Å². The van der Waals surface area contributed by atoms with Crippen molar-refractivity contribution in [2.45, 2.75) is 20.0 Å². The van der Waals surface area contributed by atoms with E-state index in [0.29, 0.717) is 18.8 Å². The molecule has 6 nitrogen and oxygen atoms in total. The lowest BCUT2D eigenvalue weighted by molar-refractivity contribution is -0.122. The number of amides is 2. The zero-order chi connectivity index (χ0) is 22.9. The Morgan fingerprint density at radius 3 is 2.53 bits per heavy atom. The van der Waals surface area contributed by atoms with Gasteiger partial charge in [0.25, 0.3) is 0 Å². The number of rotatable bonds is 10. The van der Waals surface area contributed by atoms with Crippen LogP contribution in [0.3, 0.4) is 0 Å². The van der Waals surface area contributed by atoms with Crippen LogP contribution in [0.5, 0.6) is 5.75 Å². The molecule has 8 heteroatoms. The number of aryl methyl sites for hydroxylation is 1. The van der Waals surface area contributed by atoms with Gasteiger partial charge in [-0.3, -0.25) is 9.59 Å². The average Bonchev–Trinajstić information content (AvgIpc) is 3.20. The van der Waals surface area contributed by atoms with Crippen molar-refractivity contribution in [2.24, 2.45) is 11.7 Å². The number of thiazole rings is 1. The summed E-state index contributed by atoms with van der Waals surface area (Å²) in [4.78, 5) is 28.2. The van der Waals surface area contributed by atoms with Crippen LogP contribution in [0.2, 0.25) is 0 Å². The van der Waals surface area contributed by atoms with Gasteiger partial charge in [0.2, 0.25) is 11.8 Å². The Labute approximate surface area is 189 Å². The van der Waals surface area contributed by atoms with E-state index in [1.807, 2.05) is 36.6 Å². The third kappa shape index (κ3) is 7.31. The van der Waals surface area contributed by atoms with Gasteiger partial charge in [-0.1, -0.05) is 24.3 Å². The molecular weight excluding hydrogens is 429 g/mol. The molecule has 0 saturated heterocycles. The molecule has 3 rings (SSSR count). The minimum absolute atomic E-state index is 0.0960. The topological polar surface area (TPSA) is 94.3 Å². The highest BCUT2D eigenvalue weighted by Crippen LogP contribution is 2.16. The fourth-order valence-corrected chi connectivity index (χ4v) is 3.54. The minimum Gasteiger partial charge on any atom is -0.487 e. The summed E-state index contributed by atoms with van der Waals surface area (Å²) in [6.45, 7) is 2.45. The number of nitrogens with two attached hydrogens (primary N) is 1. The van der Waals surface area contributed by atoms with Crippen molar-refractivity contribution in [3.8, 4) is 5.75 Å². The second kappa shape index (κ2) is 11.2. The molecule has 32 heavy (non-hydrogen) atoms. The molecule has 0 saturated carbocycles. The maximum atomic E-state index is 13.0. The molecule has 1 atom stereocenters. The molecule has 3 N–H and O–H groups in total. The quantitative estimate of drug-likeness (QED) is 0.458. The van der Waals surface area contributed by atoms with Crippen LogP contribution in [-0.4, -0.2) is 23.3 Å². The number of carbonyl (C=O) groups is 2. The van der Waals surface area contributed by atoms with Gasteiger partial charge in [0.05, 0.1) is 16.6 Å². The summed E-state index contributed by atoms with van der Waals surface area (Å²) in [5.41, 5.74) is 7.93. The van der Waals surface area contributed by atoms with Crippen LogP contribution < -0.4 is 15.8 Å². The Morgan fingerprint density at radius 2 is 1.91 bits per heavy atom. The second-order valence-electron chi connectivity index (χ2n) is 7.22. The predicted octanol–water partition coefficient (Wildman–Crippen LogP) is 3.64. The Hall–Kier alpha value is -3.52. The first-order chi connectivity index (χ1) is 15.4. The van der Waals surface area contributed by atoms with Crippen molar-refractivity contribution in [2.75, 3.05) is 6.54 Å². The lowest BCUT2D eigenvalue weighted by Crippen LogP contribution is -2.36. The third-order valence-electron chi connectivity index (χ3n) is 4.68. The number of hydrogen-bond donors (Lipinski definition) is 2. The molecule has 0 fully saturated rings. The highest BCUT2D eigenvalue weighted by molar-refractivity contribution is 7.09. The van der Waals surface area contributed by atoms with E-state index in [1.165, 1.54) is 18.2 Å². The summed E-state index contributed by atoms with van der Waals surface area (Å²) >= 11 is 1.58. The van der Waals surface area contributed by atoms with Gasteiger partial charge < -0.3 is 15.8 Å². The number of nitrogens with zero attached hydrogens (tertiary/aromatic N) is 1. The Morgan fingerprint density at radius 1 is 1.19 bits per heavy atom. The van der Waals surface area contributed by atoms with Gasteiger partial charge in [-0.2, -0.15) is 0 Å². The number of nitrogens with one attached hydrogen (secondary N) is 1. The summed E-state index contributed by atoms with van der Waals surface area (Å²) in [7, 11) is 0. The Balaban J connectivity index is 1.47. The van der Waals surface area contributed by atoms with Crippen molar-refractivity contribution in [3.63, 3.8) is 0 Å². The van der Waals surface area contributed by atoms with Gasteiger partial charge in [-0.15, -0.1) is 11.3 Å². The number of aromatic nitrogens is 1. The van der Waals surface area contributed by atoms with E-state index in [9.17, 15) is 14.0 Å². The molecule has 1 heterocycles. The molecule has 0 aliphatic rings. The van der Waals surface area contributed by atoms with Crippen LogP contribution in [-0.2, 0) is 22.6 Å². The maximum Gasteiger partial charge on any atom is 0.244 e. The van der Waals surface area contributed by atoms with Crippen molar-refractivity contribution in [3.05, 3.63) is 87.6 Å². The summed E-state index contributed by atoms with van der Waals surface area (Å²) in [6, 6.07) is 13.2. The first kappa shape index (κ1) is 23.1. The number of halogens is 1. The maximum absolute atomic E-state index is 13.0. The monoisotopic (exact) mass is 453 g/mol. The SMILES string of the molecule is Cc1nc(COc2ccc(/C=C/C(=O)NCC(Cc3ccc(F)cc3)C(N)=O)cc2)cs1. The van der Waals surface area contributed by atoms with Gasteiger partial charge in [0.1, 0.15) is 18.2 Å². The number of carbonyl (C=O) groups excluding carboxylic acids is 2. The Kier molecular flexibility index (Phi) is 8.10. The van der Waals surface area contributed by atoms with Crippen molar-refractivity contribution in [1.29, 1.82) is 0 Å². The highest BCUT2D eigenvalue weighted by atomic mass is 32.1. The van der Waals surface area contributed by atoms with Crippen molar-refractivity contribution in [1.82, 2.24) is 10.3 Å². The first-order valence-electron chi connectivity index (χ1n) is 10.0. The molecule has 0 aliphatic heterocycles. The van der Waals surface area contributed by atoms with E-state index in [-0.39, 0.29) is 18.3 Å². The molecule has 0 spiro atoms. The molecule has 0 bridgehead atoms. The number of ether oxygens (including phenoxy) is 1. The summed E-state index contributed by atoms with van der Waals surface area (Å²) in [6.07, 6.45) is 3.38. The highest BCUT2D eigenvalue weighted by Gasteiger charge is 2.16. The number of hydrogen-bond acceptors (Lipinski definition) is 5. The van der Waals surface area contributed by atoms with Gasteiger partial charge >= 0.3 is 0 Å². The number of benzene rings is 2. The van der Waals surface area contributed by atoms with Crippen molar-refractivity contribution >= 4 is 29.2 Å². The van der Waals surface area contributed by atoms with Crippen LogP contribution in [0.1, 0.15) is 21.8 Å². The molecular formula is C24H24FN3O3S. The average molecular weight is 454 g/mol. The predicted molar refractivity (Wildman–Crippen MR) is 122 cm³/mol. The largest absolute Gasteiger partial charge is 0.487 e. The lowest BCUT2D eigenvalue weighted by Gasteiger charge is -2.13. The Bertz CT molecular complexity index is 1080. The van der Waals surface area contributed by atoms with Gasteiger partial charge in [0, 0.05) is 18.0 Å². The zero-order valence-electron chi connectivity index (χ0n) is 17.6. The second-order valence-corrected chi connectivity index (χ2v) is 8.29. The molecule has 166 valence electrons. The summed E-state index contributed by atoms with van der Waals surface area (Å²) in [5.74, 6) is -1.09. The molecule has 0 radical (unpaired) electrons. The van der Waals surface area contributed by atoms with Crippen LogP contribution in [0.25, 0.3) is 6.08 Å². The molecule has 1 aromatic heterocycles. The molecule has 2 aromatic carbocycles. The van der Waals surface area contributed by atoms with Crippen LogP contribution in [0, 0.1) is 18.7 Å². The lowest BCUT2D eigenvalue weighted by atomic mass is 9.98. The zero-order valence-corrected chi connectivity index (χ0v) is 18.4. The van der Waals surface area contributed by atoms with Crippen LogP contribution in [0.15, 0.2) is 60.0 Å². The third-order valence-corrected chi connectivity index (χ3v) is 5.50. The smallest absolute Gasteiger partial charge is 0.244 e. The molecule has 0 aliphatic carbocycles. The van der Waals surface area contributed by atoms with Crippen molar-refractivity contribution < 1.29 is 18.7 Å². The van der Waals surface area contributed by atoms with E-state index in [2.05, 4.69) is 10.3 Å². The van der Waals surface area contributed by atoms with E-state index in [4.69, 9.17) is 10.5 Å². The number of primary amides is 1. The molecule has 1 unspecified atom stereocenters. The van der Waals surface area contributed by atoms with E-state index < -0.39 is 11.8 Å². The van der Waals surface area contributed by atoms with E-state index >= 15 is 0 Å². The fraction of sp³-hybridized carbons (Fsp3) is 0.208. The standard InChI is InChI=1S/C24H24FN3O3S/c1-16-28-21(15-32-16)14-31-22-9-4-17(5-10-22)6-11-23(29)27-13-19(24(26)30)12-18-2-7-20(25)8-3-18/h2-11,15,19H,12-14H2,1H3,(H2,26,30)(H,27,29)/b11-6+. The molecule has 2 amide bonds. The van der Waals surface area contributed by atoms with Crippen LogP contribution >= 0.6 is 11.3 Å². The van der Waals surface area contributed by atoms with Gasteiger partial charge in [-0.05, 0) is 54.8 Å². The van der Waals surface area contributed by atoms with Gasteiger partial charge in [-0.25, -0.2) is 9.37 Å². The molecule has 3 aromatic rings. The van der Waals surface area contributed by atoms with Crippen LogP contribution in [0.4, 0.5) is 4.39 Å². The normalized spacial score (nSPS) is 11.9. The summed E-state index contributed by atoms with van der Waals surface area (Å²) in [5, 5.41) is 5.65. The first-order valence-corrected chi connectivity index (χ1v) is 10.9. The van der Waals surface area contributed by atoms with E-state index in [1.54, 1.807) is 29.5 Å². The fourth-order valence-electron chi connectivity index (χ4n) is 2.94. The summed E-state index contributed by atoms with van der Waals surface area (Å²) < 4.78 is 18.7. The minimum atomic E-state index is -0.587.